The maximum atomic E-state index is 13.9. The van der Waals surface area contributed by atoms with Gasteiger partial charge in [-0.3, -0.25) is 4.79 Å². The predicted octanol–water partition coefficient (Wildman–Crippen LogP) is 3.93. The number of nitrogens with zero attached hydrogens (tertiary/aromatic N) is 1. The highest BCUT2D eigenvalue weighted by atomic mass is 19.1. The van der Waals surface area contributed by atoms with Crippen molar-refractivity contribution in [1.82, 2.24) is 10.2 Å². The SMILES string of the molecule is CC1(C)Cc2cc(CNC3CCN(C(=O)c4ccccc4F)CC3)ccc2O1. The zero-order valence-corrected chi connectivity index (χ0v) is 16.5. The Hall–Kier alpha value is -2.40. The van der Waals surface area contributed by atoms with Crippen LogP contribution in [0.4, 0.5) is 4.39 Å². The van der Waals surface area contributed by atoms with Crippen molar-refractivity contribution in [2.75, 3.05) is 13.1 Å². The molecule has 1 saturated heterocycles. The summed E-state index contributed by atoms with van der Waals surface area (Å²) in [6, 6.07) is 13.0. The van der Waals surface area contributed by atoms with E-state index in [1.54, 1.807) is 23.1 Å². The lowest BCUT2D eigenvalue weighted by Crippen LogP contribution is -2.44. The zero-order chi connectivity index (χ0) is 19.7. The molecule has 0 unspecified atom stereocenters. The van der Waals surface area contributed by atoms with Crippen molar-refractivity contribution in [3.63, 3.8) is 0 Å². The quantitative estimate of drug-likeness (QED) is 0.871. The van der Waals surface area contributed by atoms with Crippen LogP contribution in [0.25, 0.3) is 0 Å². The third-order valence-corrected chi connectivity index (χ3v) is 5.61. The van der Waals surface area contributed by atoms with Gasteiger partial charge in [-0.2, -0.15) is 0 Å². The monoisotopic (exact) mass is 382 g/mol. The van der Waals surface area contributed by atoms with Crippen LogP contribution in [0.15, 0.2) is 42.5 Å². The molecule has 148 valence electrons. The predicted molar refractivity (Wildman–Crippen MR) is 107 cm³/mol. The Kier molecular flexibility index (Phi) is 5.11. The van der Waals surface area contributed by atoms with E-state index in [4.69, 9.17) is 4.74 Å². The molecule has 0 radical (unpaired) electrons. The van der Waals surface area contributed by atoms with Crippen molar-refractivity contribution in [1.29, 1.82) is 0 Å². The molecule has 2 heterocycles. The minimum absolute atomic E-state index is 0.119. The largest absolute Gasteiger partial charge is 0.487 e. The summed E-state index contributed by atoms with van der Waals surface area (Å²) >= 11 is 0. The highest BCUT2D eigenvalue weighted by Crippen LogP contribution is 2.35. The molecule has 2 aromatic rings. The van der Waals surface area contributed by atoms with Crippen LogP contribution in [0.2, 0.25) is 0 Å². The minimum atomic E-state index is -0.448. The fourth-order valence-corrected chi connectivity index (χ4v) is 4.13. The summed E-state index contributed by atoms with van der Waals surface area (Å²) < 4.78 is 19.8. The Morgan fingerprint density at radius 3 is 2.71 bits per heavy atom. The van der Waals surface area contributed by atoms with Crippen molar-refractivity contribution in [3.8, 4) is 5.75 Å². The summed E-state index contributed by atoms with van der Waals surface area (Å²) in [4.78, 5) is 14.3. The van der Waals surface area contributed by atoms with E-state index in [9.17, 15) is 9.18 Å². The number of halogens is 1. The van der Waals surface area contributed by atoms with Crippen LogP contribution < -0.4 is 10.1 Å². The van der Waals surface area contributed by atoms with Crippen LogP contribution in [0.1, 0.15) is 48.2 Å². The van der Waals surface area contributed by atoms with Crippen LogP contribution in [0.5, 0.6) is 5.75 Å². The van der Waals surface area contributed by atoms with Crippen molar-refractivity contribution >= 4 is 5.91 Å². The molecule has 28 heavy (non-hydrogen) atoms. The van der Waals surface area contributed by atoms with Crippen molar-refractivity contribution in [3.05, 3.63) is 65.0 Å². The molecule has 0 aromatic heterocycles. The molecule has 2 aromatic carbocycles. The van der Waals surface area contributed by atoms with E-state index in [2.05, 4.69) is 37.4 Å². The number of benzene rings is 2. The lowest BCUT2D eigenvalue weighted by atomic mass is 9.99. The van der Waals surface area contributed by atoms with E-state index >= 15 is 0 Å². The second-order valence-corrected chi connectivity index (χ2v) is 8.41. The normalized spacial score (nSPS) is 18.6. The molecule has 0 aliphatic carbocycles. The number of piperidine rings is 1. The summed E-state index contributed by atoms with van der Waals surface area (Å²) in [6.45, 7) is 6.33. The second-order valence-electron chi connectivity index (χ2n) is 8.41. The van der Waals surface area contributed by atoms with Gasteiger partial charge >= 0.3 is 0 Å². The average molecular weight is 382 g/mol. The molecule has 0 bridgehead atoms. The maximum Gasteiger partial charge on any atom is 0.256 e. The molecular formula is C23H27FN2O2. The maximum absolute atomic E-state index is 13.9. The van der Waals surface area contributed by atoms with Crippen molar-refractivity contribution in [2.24, 2.45) is 0 Å². The van der Waals surface area contributed by atoms with E-state index in [1.807, 2.05) is 0 Å². The molecule has 0 spiro atoms. The number of hydrogen-bond donors (Lipinski definition) is 1. The highest BCUT2D eigenvalue weighted by molar-refractivity contribution is 5.94. The molecule has 4 nitrogen and oxygen atoms in total. The van der Waals surface area contributed by atoms with E-state index in [0.717, 1.165) is 31.6 Å². The number of ether oxygens (including phenoxy) is 1. The topological polar surface area (TPSA) is 41.6 Å². The van der Waals surface area contributed by atoms with Gasteiger partial charge in [0.15, 0.2) is 0 Å². The Labute approximate surface area is 165 Å². The summed E-state index contributed by atoms with van der Waals surface area (Å²) in [7, 11) is 0. The number of nitrogens with one attached hydrogen (secondary N) is 1. The van der Waals surface area contributed by atoms with Crippen LogP contribution in [-0.4, -0.2) is 35.5 Å². The molecule has 5 heteroatoms. The minimum Gasteiger partial charge on any atom is -0.487 e. The number of hydrogen-bond acceptors (Lipinski definition) is 3. The second kappa shape index (κ2) is 7.55. The summed E-state index contributed by atoms with van der Waals surface area (Å²) in [5.41, 5.74) is 2.57. The molecule has 0 atom stereocenters. The lowest BCUT2D eigenvalue weighted by Gasteiger charge is -2.32. The van der Waals surface area contributed by atoms with Crippen LogP contribution in [0, 0.1) is 5.82 Å². The fourth-order valence-electron chi connectivity index (χ4n) is 4.13. The molecule has 2 aliphatic rings. The van der Waals surface area contributed by atoms with E-state index in [-0.39, 0.29) is 17.1 Å². The Morgan fingerprint density at radius 2 is 1.96 bits per heavy atom. The third-order valence-electron chi connectivity index (χ3n) is 5.61. The van der Waals surface area contributed by atoms with Gasteiger partial charge in [-0.1, -0.05) is 24.3 Å². The van der Waals surface area contributed by atoms with E-state index in [0.29, 0.717) is 19.1 Å². The van der Waals surface area contributed by atoms with Gasteiger partial charge in [0.1, 0.15) is 17.2 Å². The zero-order valence-electron chi connectivity index (χ0n) is 16.5. The van der Waals surface area contributed by atoms with Gasteiger partial charge in [0, 0.05) is 32.1 Å². The molecule has 4 rings (SSSR count). The average Bonchev–Trinajstić information content (AvgIpc) is 2.99. The Balaban J connectivity index is 1.29. The number of amides is 1. The smallest absolute Gasteiger partial charge is 0.256 e. The van der Waals surface area contributed by atoms with Gasteiger partial charge < -0.3 is 15.0 Å². The van der Waals surface area contributed by atoms with E-state index in [1.165, 1.54) is 17.2 Å². The van der Waals surface area contributed by atoms with Gasteiger partial charge in [-0.25, -0.2) is 4.39 Å². The summed E-state index contributed by atoms with van der Waals surface area (Å²) in [5, 5.41) is 3.61. The fraction of sp³-hybridized carbons (Fsp3) is 0.435. The molecule has 1 amide bonds. The number of rotatable bonds is 4. The van der Waals surface area contributed by atoms with Crippen LogP contribution in [-0.2, 0) is 13.0 Å². The van der Waals surface area contributed by atoms with Gasteiger partial charge in [-0.05, 0) is 56.0 Å². The lowest BCUT2D eigenvalue weighted by molar-refractivity contribution is 0.0700. The Bertz CT molecular complexity index is 873. The van der Waals surface area contributed by atoms with Gasteiger partial charge in [0.05, 0.1) is 5.56 Å². The molecule has 1 fully saturated rings. The third kappa shape index (κ3) is 4.04. The standard InChI is InChI=1S/C23H27FN2O2/c1-23(2)14-17-13-16(7-8-21(17)28-23)15-25-18-9-11-26(12-10-18)22(27)19-5-3-4-6-20(19)24/h3-8,13,18,25H,9-12,14-15H2,1-2H3. The summed E-state index contributed by atoms with van der Waals surface area (Å²) in [6.07, 6.45) is 2.69. The number of carbonyl (C=O) groups is 1. The van der Waals surface area contributed by atoms with E-state index < -0.39 is 5.82 Å². The van der Waals surface area contributed by atoms with Gasteiger partial charge in [0.25, 0.3) is 5.91 Å². The molecule has 0 saturated carbocycles. The molecular weight excluding hydrogens is 355 g/mol. The Morgan fingerprint density at radius 1 is 1.21 bits per heavy atom. The summed E-state index contributed by atoms with van der Waals surface area (Å²) in [5.74, 6) is 0.336. The first-order valence-electron chi connectivity index (χ1n) is 9.99. The molecule has 2 aliphatic heterocycles. The highest BCUT2D eigenvalue weighted by Gasteiger charge is 2.30. The van der Waals surface area contributed by atoms with Crippen LogP contribution >= 0.6 is 0 Å². The van der Waals surface area contributed by atoms with Gasteiger partial charge in [-0.15, -0.1) is 0 Å². The number of carbonyl (C=O) groups excluding carboxylic acids is 1. The first-order chi connectivity index (χ1) is 13.4. The molecule has 1 N–H and O–H groups in total. The number of likely N-dealkylation sites (tertiary alicyclic amines) is 1. The first-order valence-corrected chi connectivity index (χ1v) is 9.99. The van der Waals surface area contributed by atoms with Crippen molar-refractivity contribution in [2.45, 2.75) is 51.3 Å². The number of fused-ring (bicyclic) bond motifs is 1. The first kappa shape index (κ1) is 18.9. The van der Waals surface area contributed by atoms with Gasteiger partial charge in [0.2, 0.25) is 0 Å². The van der Waals surface area contributed by atoms with Crippen molar-refractivity contribution < 1.29 is 13.9 Å². The van der Waals surface area contributed by atoms with Crippen LogP contribution in [0.3, 0.4) is 0 Å².